The molecule has 0 saturated heterocycles. The lowest BCUT2D eigenvalue weighted by Gasteiger charge is -2.19. The maximum Gasteiger partial charge on any atom is 0.220 e. The van der Waals surface area contributed by atoms with Gasteiger partial charge in [-0.05, 0) is 31.7 Å². The Labute approximate surface area is 115 Å². The lowest BCUT2D eigenvalue weighted by molar-refractivity contribution is -0.122. The van der Waals surface area contributed by atoms with E-state index in [0.717, 1.165) is 17.0 Å². The Bertz CT molecular complexity index is 438. The van der Waals surface area contributed by atoms with E-state index in [4.69, 9.17) is 0 Å². The molecule has 0 aliphatic carbocycles. The summed E-state index contributed by atoms with van der Waals surface area (Å²) in [6.07, 6.45) is 1.12. The van der Waals surface area contributed by atoms with Crippen LogP contribution < -0.4 is 5.32 Å². The molecule has 108 valence electrons. The fraction of sp³-hybridized carbons (Fsp3) is 0.714. The average Bonchev–Trinajstić information content (AvgIpc) is 2.58. The second kappa shape index (κ2) is 6.70. The van der Waals surface area contributed by atoms with Gasteiger partial charge in [-0.25, -0.2) is 0 Å². The second-order valence-corrected chi connectivity index (χ2v) is 5.37. The number of rotatable bonds is 6. The highest BCUT2D eigenvalue weighted by atomic mass is 16.3. The van der Waals surface area contributed by atoms with Gasteiger partial charge < -0.3 is 10.4 Å². The van der Waals surface area contributed by atoms with Gasteiger partial charge >= 0.3 is 0 Å². The topological polar surface area (TPSA) is 67.2 Å². The number of nitrogens with zero attached hydrogens (tertiary/aromatic N) is 2. The van der Waals surface area contributed by atoms with Crippen LogP contribution in [-0.4, -0.2) is 33.4 Å². The molecule has 19 heavy (non-hydrogen) atoms. The Balaban J connectivity index is 2.55. The maximum absolute atomic E-state index is 11.9. The van der Waals surface area contributed by atoms with Crippen LogP contribution in [0.5, 0.6) is 0 Å². The molecular weight excluding hydrogens is 242 g/mol. The van der Waals surface area contributed by atoms with Crippen molar-refractivity contribution in [3.63, 3.8) is 0 Å². The summed E-state index contributed by atoms with van der Waals surface area (Å²) in [5, 5.41) is 16.4. The Morgan fingerprint density at radius 2 is 2.05 bits per heavy atom. The predicted molar refractivity (Wildman–Crippen MR) is 74.9 cm³/mol. The summed E-state index contributed by atoms with van der Waals surface area (Å²) in [5.41, 5.74) is 3.23. The van der Waals surface area contributed by atoms with Gasteiger partial charge in [0.15, 0.2) is 0 Å². The summed E-state index contributed by atoms with van der Waals surface area (Å²) in [4.78, 5) is 11.9. The van der Waals surface area contributed by atoms with E-state index >= 15 is 0 Å². The highest BCUT2D eigenvalue weighted by Gasteiger charge is 2.16. The number of nitrogens with one attached hydrogen (secondary N) is 1. The van der Waals surface area contributed by atoms with Gasteiger partial charge in [0.1, 0.15) is 0 Å². The molecule has 1 unspecified atom stereocenters. The summed E-state index contributed by atoms with van der Waals surface area (Å²) in [7, 11) is 1.91. The van der Waals surface area contributed by atoms with Gasteiger partial charge in [-0.15, -0.1) is 0 Å². The number of aromatic nitrogens is 2. The monoisotopic (exact) mass is 267 g/mol. The van der Waals surface area contributed by atoms with E-state index in [1.54, 1.807) is 0 Å². The van der Waals surface area contributed by atoms with Gasteiger partial charge in [0.05, 0.1) is 18.3 Å². The zero-order valence-corrected chi connectivity index (χ0v) is 12.5. The molecule has 0 aliphatic rings. The van der Waals surface area contributed by atoms with E-state index in [9.17, 15) is 9.90 Å². The molecule has 0 aliphatic heterocycles. The van der Waals surface area contributed by atoms with Crippen LogP contribution in [0.1, 0.15) is 37.2 Å². The number of aliphatic hydroxyl groups excluding tert-OH is 1. The summed E-state index contributed by atoms with van der Waals surface area (Å²) < 4.78 is 1.84. The van der Waals surface area contributed by atoms with Crippen molar-refractivity contribution in [1.82, 2.24) is 15.1 Å². The molecule has 0 radical (unpaired) electrons. The van der Waals surface area contributed by atoms with Crippen molar-refractivity contribution in [2.24, 2.45) is 13.0 Å². The van der Waals surface area contributed by atoms with Gasteiger partial charge in [0.25, 0.3) is 0 Å². The molecule has 1 rings (SSSR count). The Hall–Kier alpha value is -1.36. The SMILES string of the molecule is Cc1nn(C)c(C)c1CCC(=O)NC(CO)C(C)C. The third-order valence-electron chi connectivity index (χ3n) is 3.61. The third-order valence-corrected chi connectivity index (χ3v) is 3.61. The van der Waals surface area contributed by atoms with Crippen molar-refractivity contribution >= 4 is 5.91 Å². The summed E-state index contributed by atoms with van der Waals surface area (Å²) in [6, 6.07) is -0.163. The largest absolute Gasteiger partial charge is 0.394 e. The number of hydrogen-bond acceptors (Lipinski definition) is 3. The molecule has 5 heteroatoms. The highest BCUT2D eigenvalue weighted by molar-refractivity contribution is 5.76. The van der Waals surface area contributed by atoms with E-state index in [-0.39, 0.29) is 24.5 Å². The van der Waals surface area contributed by atoms with Gasteiger partial charge in [-0.2, -0.15) is 5.10 Å². The van der Waals surface area contributed by atoms with E-state index < -0.39 is 0 Å². The van der Waals surface area contributed by atoms with Gasteiger partial charge in [-0.3, -0.25) is 9.48 Å². The molecule has 1 aromatic rings. The molecule has 1 atom stereocenters. The number of carbonyl (C=O) groups is 1. The van der Waals surface area contributed by atoms with Crippen molar-refractivity contribution in [3.8, 4) is 0 Å². The molecule has 0 saturated carbocycles. The fourth-order valence-corrected chi connectivity index (χ4v) is 2.12. The maximum atomic E-state index is 11.9. The van der Waals surface area contributed by atoms with Crippen LogP contribution in [0.4, 0.5) is 0 Å². The zero-order chi connectivity index (χ0) is 14.6. The first-order chi connectivity index (χ1) is 8.86. The van der Waals surface area contributed by atoms with Gasteiger partial charge in [0.2, 0.25) is 5.91 Å². The van der Waals surface area contributed by atoms with Crippen LogP contribution in [0, 0.1) is 19.8 Å². The van der Waals surface area contributed by atoms with Crippen LogP contribution in [0.15, 0.2) is 0 Å². The molecule has 1 aromatic heterocycles. The second-order valence-electron chi connectivity index (χ2n) is 5.37. The smallest absolute Gasteiger partial charge is 0.220 e. The van der Waals surface area contributed by atoms with E-state index in [0.29, 0.717) is 12.8 Å². The Morgan fingerprint density at radius 3 is 2.47 bits per heavy atom. The Kier molecular flexibility index (Phi) is 5.54. The fourth-order valence-electron chi connectivity index (χ4n) is 2.12. The van der Waals surface area contributed by atoms with Crippen LogP contribution in [0.2, 0.25) is 0 Å². The molecule has 0 aromatic carbocycles. The van der Waals surface area contributed by atoms with Crippen molar-refractivity contribution in [1.29, 1.82) is 0 Å². The molecule has 0 fully saturated rings. The first-order valence-corrected chi connectivity index (χ1v) is 6.76. The van der Waals surface area contributed by atoms with E-state index in [1.807, 2.05) is 39.4 Å². The molecule has 1 heterocycles. The summed E-state index contributed by atoms with van der Waals surface area (Å²) in [6.45, 7) is 7.92. The summed E-state index contributed by atoms with van der Waals surface area (Å²) >= 11 is 0. The lowest BCUT2D eigenvalue weighted by Crippen LogP contribution is -2.41. The van der Waals surface area contributed by atoms with Crippen molar-refractivity contribution in [2.75, 3.05) is 6.61 Å². The standard InChI is InChI=1S/C14H25N3O2/c1-9(2)13(8-18)15-14(19)7-6-12-10(3)16-17(5)11(12)4/h9,13,18H,6-8H2,1-5H3,(H,15,19). The highest BCUT2D eigenvalue weighted by Crippen LogP contribution is 2.14. The summed E-state index contributed by atoms with van der Waals surface area (Å²) in [5.74, 6) is 0.214. The van der Waals surface area contributed by atoms with Crippen molar-refractivity contribution in [3.05, 3.63) is 17.0 Å². The first-order valence-electron chi connectivity index (χ1n) is 6.76. The van der Waals surface area contributed by atoms with E-state index in [2.05, 4.69) is 10.4 Å². The lowest BCUT2D eigenvalue weighted by atomic mass is 10.0. The minimum Gasteiger partial charge on any atom is -0.394 e. The first kappa shape index (κ1) is 15.7. The average molecular weight is 267 g/mol. The molecule has 0 bridgehead atoms. The third kappa shape index (κ3) is 4.06. The molecule has 0 spiro atoms. The number of aliphatic hydroxyl groups is 1. The molecule has 1 amide bonds. The van der Waals surface area contributed by atoms with Crippen LogP contribution >= 0.6 is 0 Å². The van der Waals surface area contributed by atoms with Gasteiger partial charge in [0, 0.05) is 19.2 Å². The van der Waals surface area contributed by atoms with Crippen LogP contribution in [-0.2, 0) is 18.3 Å². The molecular formula is C14H25N3O2. The van der Waals surface area contributed by atoms with Gasteiger partial charge in [-0.1, -0.05) is 13.8 Å². The molecule has 2 N–H and O–H groups in total. The van der Waals surface area contributed by atoms with Crippen molar-refractivity contribution < 1.29 is 9.90 Å². The Morgan fingerprint density at radius 1 is 1.42 bits per heavy atom. The van der Waals surface area contributed by atoms with Crippen molar-refractivity contribution in [2.45, 2.75) is 46.6 Å². The number of amides is 1. The quantitative estimate of drug-likeness (QED) is 0.811. The minimum atomic E-state index is -0.163. The van der Waals surface area contributed by atoms with E-state index in [1.165, 1.54) is 0 Å². The van der Waals surface area contributed by atoms with Crippen LogP contribution in [0.25, 0.3) is 0 Å². The zero-order valence-electron chi connectivity index (χ0n) is 12.5. The minimum absolute atomic E-state index is 0.0181. The predicted octanol–water partition coefficient (Wildman–Crippen LogP) is 1.10. The number of aryl methyl sites for hydroxylation is 2. The molecule has 5 nitrogen and oxygen atoms in total. The van der Waals surface area contributed by atoms with Crippen LogP contribution in [0.3, 0.4) is 0 Å². The normalized spacial score (nSPS) is 12.8. The number of carbonyl (C=O) groups excluding carboxylic acids is 1. The number of hydrogen-bond donors (Lipinski definition) is 2.